The summed E-state index contributed by atoms with van der Waals surface area (Å²) >= 11 is 0. The summed E-state index contributed by atoms with van der Waals surface area (Å²) in [6, 6.07) is 8.09. The van der Waals surface area contributed by atoms with Crippen LogP contribution in [-0.4, -0.2) is 57.6 Å². The fourth-order valence-electron chi connectivity index (χ4n) is 5.05. The number of hydrogen-bond acceptors (Lipinski definition) is 7. The van der Waals surface area contributed by atoms with Crippen LogP contribution in [0.5, 0.6) is 5.75 Å². The average molecular weight is 522 g/mol. The van der Waals surface area contributed by atoms with Crippen molar-refractivity contribution >= 4 is 17.3 Å². The molecule has 0 aliphatic carbocycles. The van der Waals surface area contributed by atoms with E-state index >= 15 is 4.39 Å². The largest absolute Gasteiger partial charge is 0.482 e. The standard InChI is InChI=1S/C27H26F3N7O/c1-35(2)18-5-7-36(8-6-18)23-4-3-17(11-20(23)28)33-27-32-13-22(30)25(34-27)16-9-21(29)26-24(10-16)37-15-31-12-19(37)14-38-26/h3-4,9-13,15,18H,5-8,14H2,1-2H3,(H,32,33,34). The van der Waals surface area contributed by atoms with Crippen molar-refractivity contribution in [1.82, 2.24) is 24.4 Å². The van der Waals surface area contributed by atoms with Crippen LogP contribution in [-0.2, 0) is 6.61 Å². The molecule has 0 saturated carbocycles. The first-order valence-corrected chi connectivity index (χ1v) is 12.4. The SMILES string of the molecule is CN(C)C1CCN(c2ccc(Nc3ncc(F)c(-c4cc(F)c5c(c4)-n4cncc4CO5)n3)cc2F)CC1. The molecule has 0 atom stereocenters. The van der Waals surface area contributed by atoms with Crippen molar-refractivity contribution < 1.29 is 17.9 Å². The van der Waals surface area contributed by atoms with Gasteiger partial charge in [-0.05, 0) is 57.3 Å². The number of hydrogen-bond donors (Lipinski definition) is 1. The van der Waals surface area contributed by atoms with E-state index < -0.39 is 11.6 Å². The summed E-state index contributed by atoms with van der Waals surface area (Å²) in [6.45, 7) is 1.74. The number of nitrogens with one attached hydrogen (secondary N) is 1. The molecule has 0 bridgehead atoms. The molecule has 1 fully saturated rings. The lowest BCUT2D eigenvalue weighted by Crippen LogP contribution is -2.42. The van der Waals surface area contributed by atoms with Gasteiger partial charge in [0.05, 0.1) is 35.8 Å². The zero-order chi connectivity index (χ0) is 26.4. The maximum absolute atomic E-state index is 15.0. The zero-order valence-corrected chi connectivity index (χ0v) is 21.0. The van der Waals surface area contributed by atoms with Crippen LogP contribution in [0.25, 0.3) is 16.9 Å². The molecule has 1 saturated heterocycles. The van der Waals surface area contributed by atoms with Gasteiger partial charge in [0.1, 0.15) is 18.1 Å². The second kappa shape index (κ2) is 9.64. The van der Waals surface area contributed by atoms with Crippen LogP contribution in [0.15, 0.2) is 49.1 Å². The Balaban J connectivity index is 1.25. The Hall–Kier alpha value is -4.12. The van der Waals surface area contributed by atoms with E-state index in [-0.39, 0.29) is 35.4 Å². The number of aromatic nitrogens is 4. The number of nitrogens with zero attached hydrogens (tertiary/aromatic N) is 6. The van der Waals surface area contributed by atoms with Crippen molar-refractivity contribution in [2.24, 2.45) is 0 Å². The molecule has 2 aromatic carbocycles. The number of rotatable bonds is 5. The molecule has 8 nitrogen and oxygen atoms in total. The van der Waals surface area contributed by atoms with Crippen molar-refractivity contribution in [2.45, 2.75) is 25.5 Å². The van der Waals surface area contributed by atoms with Gasteiger partial charge in [0.15, 0.2) is 17.4 Å². The second-order valence-electron chi connectivity index (χ2n) is 9.71. The molecule has 1 N–H and O–H groups in total. The van der Waals surface area contributed by atoms with E-state index in [1.165, 1.54) is 12.1 Å². The number of imidazole rings is 1. The number of piperidine rings is 1. The van der Waals surface area contributed by atoms with Crippen LogP contribution >= 0.6 is 0 Å². The third-order valence-electron chi connectivity index (χ3n) is 7.12. The third kappa shape index (κ3) is 4.43. The topological polar surface area (TPSA) is 71.3 Å². The molecule has 4 aromatic rings. The molecule has 4 heterocycles. The minimum absolute atomic E-state index is 0.0537. The van der Waals surface area contributed by atoms with E-state index in [0.717, 1.165) is 37.8 Å². The van der Waals surface area contributed by atoms with Crippen molar-refractivity contribution in [3.05, 3.63) is 72.2 Å². The van der Waals surface area contributed by atoms with Crippen LogP contribution in [0.2, 0.25) is 0 Å². The molecule has 0 radical (unpaired) electrons. The van der Waals surface area contributed by atoms with Crippen molar-refractivity contribution in [3.8, 4) is 22.7 Å². The highest BCUT2D eigenvalue weighted by Crippen LogP contribution is 2.37. The number of fused-ring (bicyclic) bond motifs is 3. The smallest absolute Gasteiger partial charge is 0.227 e. The number of anilines is 3. The lowest BCUT2D eigenvalue weighted by Gasteiger charge is -2.36. The Bertz CT molecular complexity index is 1500. The van der Waals surface area contributed by atoms with E-state index in [4.69, 9.17) is 4.74 Å². The van der Waals surface area contributed by atoms with E-state index in [1.807, 2.05) is 4.90 Å². The van der Waals surface area contributed by atoms with Crippen LogP contribution in [0, 0.1) is 17.5 Å². The maximum Gasteiger partial charge on any atom is 0.227 e. The highest BCUT2D eigenvalue weighted by molar-refractivity contribution is 5.69. The number of benzene rings is 2. The Labute approximate surface area is 217 Å². The molecule has 0 amide bonds. The van der Waals surface area contributed by atoms with Gasteiger partial charge in [0, 0.05) is 30.4 Å². The highest BCUT2D eigenvalue weighted by Gasteiger charge is 2.24. The lowest BCUT2D eigenvalue weighted by molar-refractivity contribution is 0.249. The molecule has 11 heteroatoms. The first-order chi connectivity index (χ1) is 18.4. The first kappa shape index (κ1) is 24.2. The number of ether oxygens (including phenoxy) is 1. The van der Waals surface area contributed by atoms with E-state index in [0.29, 0.717) is 23.1 Å². The quantitative estimate of drug-likeness (QED) is 0.400. The van der Waals surface area contributed by atoms with Crippen LogP contribution in [0.1, 0.15) is 18.5 Å². The summed E-state index contributed by atoms with van der Waals surface area (Å²) in [5.74, 6) is -1.61. The monoisotopic (exact) mass is 521 g/mol. The highest BCUT2D eigenvalue weighted by atomic mass is 19.1. The van der Waals surface area contributed by atoms with Crippen molar-refractivity contribution in [2.75, 3.05) is 37.4 Å². The fraction of sp³-hybridized carbons (Fsp3) is 0.296. The summed E-state index contributed by atoms with van der Waals surface area (Å²) < 4.78 is 52.0. The average Bonchev–Trinajstić information content (AvgIpc) is 3.40. The van der Waals surface area contributed by atoms with Crippen LogP contribution < -0.4 is 15.0 Å². The van der Waals surface area contributed by atoms with Gasteiger partial charge in [-0.15, -0.1) is 0 Å². The fourth-order valence-corrected chi connectivity index (χ4v) is 5.05. The molecule has 196 valence electrons. The van der Waals surface area contributed by atoms with Gasteiger partial charge in [-0.3, -0.25) is 4.57 Å². The predicted molar refractivity (Wildman–Crippen MR) is 137 cm³/mol. The predicted octanol–water partition coefficient (Wildman–Crippen LogP) is 4.91. The summed E-state index contributed by atoms with van der Waals surface area (Å²) in [6.07, 6.45) is 6.11. The Kier molecular flexibility index (Phi) is 6.15. The summed E-state index contributed by atoms with van der Waals surface area (Å²) in [4.78, 5) is 16.6. The first-order valence-electron chi connectivity index (χ1n) is 12.4. The van der Waals surface area contributed by atoms with Gasteiger partial charge in [0.25, 0.3) is 0 Å². The number of halogens is 3. The molecular weight excluding hydrogens is 495 g/mol. The molecule has 38 heavy (non-hydrogen) atoms. The van der Waals surface area contributed by atoms with E-state index in [2.05, 4.69) is 39.3 Å². The Morgan fingerprint density at radius 1 is 0.974 bits per heavy atom. The van der Waals surface area contributed by atoms with Gasteiger partial charge >= 0.3 is 0 Å². The van der Waals surface area contributed by atoms with E-state index in [9.17, 15) is 8.78 Å². The minimum Gasteiger partial charge on any atom is -0.482 e. The lowest BCUT2D eigenvalue weighted by atomic mass is 10.0. The van der Waals surface area contributed by atoms with Gasteiger partial charge in [-0.2, -0.15) is 0 Å². The van der Waals surface area contributed by atoms with Gasteiger partial charge in [-0.1, -0.05) is 0 Å². The maximum atomic E-state index is 15.0. The summed E-state index contributed by atoms with van der Waals surface area (Å²) in [5, 5.41) is 2.93. The molecule has 0 spiro atoms. The van der Waals surface area contributed by atoms with Gasteiger partial charge in [-0.25, -0.2) is 28.1 Å². The molecule has 2 aromatic heterocycles. The van der Waals surface area contributed by atoms with Gasteiger partial charge in [0.2, 0.25) is 5.95 Å². The van der Waals surface area contributed by atoms with Crippen LogP contribution in [0.3, 0.4) is 0 Å². The summed E-state index contributed by atoms with van der Waals surface area (Å²) in [7, 11) is 4.13. The molecular formula is C27H26F3N7O. The van der Waals surface area contributed by atoms with Crippen molar-refractivity contribution in [1.29, 1.82) is 0 Å². The third-order valence-corrected chi connectivity index (χ3v) is 7.12. The van der Waals surface area contributed by atoms with Crippen LogP contribution in [0.4, 0.5) is 30.5 Å². The minimum atomic E-state index is -0.722. The van der Waals surface area contributed by atoms with Crippen molar-refractivity contribution in [3.63, 3.8) is 0 Å². The van der Waals surface area contributed by atoms with E-state index in [1.54, 1.807) is 35.3 Å². The molecule has 0 unspecified atom stereocenters. The molecule has 2 aliphatic rings. The summed E-state index contributed by atoms with van der Waals surface area (Å²) in [5.41, 5.74) is 2.21. The van der Waals surface area contributed by atoms with Gasteiger partial charge < -0.3 is 19.9 Å². The zero-order valence-electron chi connectivity index (χ0n) is 21.0. The normalized spacial score (nSPS) is 15.3. The molecule has 2 aliphatic heterocycles. The second-order valence-corrected chi connectivity index (χ2v) is 9.71. The Morgan fingerprint density at radius 2 is 1.79 bits per heavy atom. The Morgan fingerprint density at radius 3 is 2.55 bits per heavy atom. The molecule has 6 rings (SSSR count).